The molecule has 0 heterocycles. The molecule has 0 aromatic rings. The van der Waals surface area contributed by atoms with Crippen LogP contribution < -0.4 is 0 Å². The Hall–Kier alpha value is 0.01000. The molecule has 0 aliphatic heterocycles. The van der Waals surface area contributed by atoms with Gasteiger partial charge in [0.25, 0.3) is 0 Å². The van der Waals surface area contributed by atoms with Crippen molar-refractivity contribution in [2.75, 3.05) is 0 Å². The van der Waals surface area contributed by atoms with Gasteiger partial charge in [-0.2, -0.15) is 0 Å². The third kappa shape index (κ3) is 2.01. The summed E-state index contributed by atoms with van der Waals surface area (Å²) < 4.78 is 9.16. The Kier molecular flexibility index (Phi) is 3.02. The summed E-state index contributed by atoms with van der Waals surface area (Å²) in [5, 5.41) is 0. The average molecular weight is 74.0 g/mol. The maximum absolute atomic E-state index is 9.16. The number of hydrogen-bond acceptors (Lipinski definition) is 1. The first kappa shape index (κ1) is 4.01. The molecular weight excluding hydrogens is 71.0 g/mol. The third-order valence-corrected chi connectivity index (χ3v) is 0.274. The van der Waals surface area contributed by atoms with Crippen LogP contribution in [0.2, 0.25) is 0 Å². The summed E-state index contributed by atoms with van der Waals surface area (Å²) in [5.74, 6) is 0. The Balaban J connectivity index is 3.53. The topological polar surface area (TPSA) is 17.1 Å². The van der Waals surface area contributed by atoms with Gasteiger partial charge in [-0.25, -0.2) is 0 Å². The molecule has 0 saturated carbocycles. The van der Waals surface area contributed by atoms with Gasteiger partial charge in [-0.15, -0.1) is 0 Å². The molecule has 0 spiro atoms. The van der Waals surface area contributed by atoms with Gasteiger partial charge in [0.05, 0.1) is 0 Å². The molecular formula is C2H3OP. The SMILES string of the molecule is CC#P=O. The molecule has 0 N–H and O–H groups in total. The fourth-order valence-corrected chi connectivity index (χ4v) is 0. The summed E-state index contributed by atoms with van der Waals surface area (Å²) >= 11 is 0. The Morgan fingerprint density at radius 3 is 2.25 bits per heavy atom. The molecule has 0 radical (unpaired) electrons. The van der Waals surface area contributed by atoms with Crippen LogP contribution in [-0.2, 0) is 4.57 Å². The molecule has 0 saturated heterocycles. The van der Waals surface area contributed by atoms with Gasteiger partial charge >= 0.3 is 25.0 Å². The molecule has 0 rings (SSSR count). The molecule has 0 unspecified atom stereocenters. The van der Waals surface area contributed by atoms with Crippen LogP contribution in [0.15, 0.2) is 0 Å². The molecule has 22 valence electrons. The third-order valence-electron chi connectivity index (χ3n) is 0.0913. The predicted molar refractivity (Wildman–Crippen MR) is 17.2 cm³/mol. The summed E-state index contributed by atoms with van der Waals surface area (Å²) in [6.07, 6.45) is 0. The summed E-state index contributed by atoms with van der Waals surface area (Å²) in [7, 11) is -0.00154. The Labute approximate surface area is 26.1 Å². The van der Waals surface area contributed by atoms with Gasteiger partial charge < -0.3 is 0 Å². The Morgan fingerprint density at radius 1 is 2.00 bits per heavy atom. The zero-order valence-electron chi connectivity index (χ0n) is 2.36. The molecule has 0 aromatic heterocycles. The van der Waals surface area contributed by atoms with Crippen LogP contribution in [0, 0.1) is 5.63 Å². The number of hydrogen-bond donors (Lipinski definition) is 0. The second-order valence-corrected chi connectivity index (χ2v) is 0.945. The molecule has 0 aliphatic carbocycles. The summed E-state index contributed by atoms with van der Waals surface area (Å²) in [5.41, 5.74) is 2.35. The van der Waals surface area contributed by atoms with E-state index >= 15 is 0 Å². The van der Waals surface area contributed by atoms with Gasteiger partial charge in [-0.05, 0) is 0 Å². The fraction of sp³-hybridized carbons (Fsp3) is 0.500. The first-order chi connectivity index (χ1) is 1.91. The molecule has 1 nitrogen and oxygen atoms in total. The monoisotopic (exact) mass is 74.0 g/mol. The van der Waals surface area contributed by atoms with Crippen molar-refractivity contribution in [2.24, 2.45) is 0 Å². The molecule has 0 amide bonds. The maximum atomic E-state index is 9.16. The first-order valence-electron chi connectivity index (χ1n) is 0.906. The summed E-state index contributed by atoms with van der Waals surface area (Å²) in [6.45, 7) is 1.61. The van der Waals surface area contributed by atoms with E-state index in [1.54, 1.807) is 6.92 Å². The molecule has 0 fully saturated rings. The van der Waals surface area contributed by atoms with Crippen LogP contribution in [0.25, 0.3) is 0 Å². The van der Waals surface area contributed by atoms with Gasteiger partial charge in [-0.3, -0.25) is 0 Å². The van der Waals surface area contributed by atoms with E-state index in [0.717, 1.165) is 0 Å². The second-order valence-electron chi connectivity index (χ2n) is 0.315. The van der Waals surface area contributed by atoms with Crippen molar-refractivity contribution in [3.8, 4) is 5.63 Å². The normalized spacial score (nSPS) is 4.25. The Morgan fingerprint density at radius 2 is 2.25 bits per heavy atom. The molecule has 4 heavy (non-hydrogen) atoms. The minimum atomic E-state index is -0.00154. The van der Waals surface area contributed by atoms with E-state index in [2.05, 4.69) is 5.63 Å². The van der Waals surface area contributed by atoms with Gasteiger partial charge in [0.2, 0.25) is 0 Å². The first-order valence-corrected chi connectivity index (χ1v) is 1.72. The summed E-state index contributed by atoms with van der Waals surface area (Å²) in [6, 6.07) is 0. The standard InChI is InChI=1S/C2H3OP/c1-2-4-3/h1H3. The molecule has 0 aromatic carbocycles. The van der Waals surface area contributed by atoms with E-state index in [-0.39, 0.29) is 7.92 Å². The van der Waals surface area contributed by atoms with Gasteiger partial charge in [0.15, 0.2) is 0 Å². The van der Waals surface area contributed by atoms with Crippen LogP contribution in [0.5, 0.6) is 0 Å². The molecule has 0 aliphatic rings. The van der Waals surface area contributed by atoms with Crippen molar-refractivity contribution in [2.45, 2.75) is 6.92 Å². The zero-order chi connectivity index (χ0) is 3.41. The van der Waals surface area contributed by atoms with Crippen molar-refractivity contribution in [1.29, 1.82) is 0 Å². The quantitative estimate of drug-likeness (QED) is 0.395. The van der Waals surface area contributed by atoms with E-state index in [0.29, 0.717) is 0 Å². The van der Waals surface area contributed by atoms with E-state index in [4.69, 9.17) is 4.57 Å². The van der Waals surface area contributed by atoms with E-state index < -0.39 is 0 Å². The van der Waals surface area contributed by atoms with Crippen molar-refractivity contribution < 1.29 is 4.57 Å². The number of rotatable bonds is 0. The Bertz CT molecular complexity index is 77.2. The fourth-order valence-electron chi connectivity index (χ4n) is 0. The van der Waals surface area contributed by atoms with Crippen LogP contribution in [0.1, 0.15) is 6.92 Å². The van der Waals surface area contributed by atoms with Gasteiger partial charge in [0, 0.05) is 0 Å². The minimum absolute atomic E-state index is 0.00154. The van der Waals surface area contributed by atoms with Crippen molar-refractivity contribution in [3.63, 3.8) is 0 Å². The van der Waals surface area contributed by atoms with E-state index in [1.165, 1.54) is 0 Å². The van der Waals surface area contributed by atoms with E-state index in [1.807, 2.05) is 0 Å². The average Bonchev–Trinajstić information content (AvgIpc) is 1.37. The van der Waals surface area contributed by atoms with Crippen LogP contribution in [0.3, 0.4) is 0 Å². The predicted octanol–water partition coefficient (Wildman–Crippen LogP) is 1.26. The van der Waals surface area contributed by atoms with E-state index in [9.17, 15) is 0 Å². The molecule has 0 atom stereocenters. The second kappa shape index (κ2) is 3.01. The van der Waals surface area contributed by atoms with Crippen molar-refractivity contribution >= 4 is 7.92 Å². The molecule has 2 heteroatoms. The van der Waals surface area contributed by atoms with Crippen LogP contribution >= 0.6 is 7.92 Å². The zero-order valence-corrected chi connectivity index (χ0v) is 3.25. The van der Waals surface area contributed by atoms with Crippen LogP contribution in [-0.4, -0.2) is 0 Å². The van der Waals surface area contributed by atoms with Gasteiger partial charge in [-0.1, -0.05) is 0 Å². The summed E-state index contributed by atoms with van der Waals surface area (Å²) in [4.78, 5) is 0. The molecule has 0 bridgehead atoms. The van der Waals surface area contributed by atoms with Gasteiger partial charge in [0.1, 0.15) is 0 Å². The van der Waals surface area contributed by atoms with Crippen LogP contribution in [0.4, 0.5) is 0 Å². The van der Waals surface area contributed by atoms with Crippen molar-refractivity contribution in [1.82, 2.24) is 0 Å². The van der Waals surface area contributed by atoms with Crippen molar-refractivity contribution in [3.05, 3.63) is 0 Å².